The average molecular weight is 340 g/mol. The number of aliphatic hydroxyl groups is 1. The van der Waals surface area contributed by atoms with Gasteiger partial charge in [0.2, 0.25) is 5.91 Å². The fourth-order valence-corrected chi connectivity index (χ4v) is 3.98. The maximum atomic E-state index is 12.5. The first-order chi connectivity index (χ1) is 10.6. The van der Waals surface area contributed by atoms with Crippen LogP contribution in [0.5, 0.6) is 0 Å². The lowest BCUT2D eigenvalue weighted by Crippen LogP contribution is -2.49. The van der Waals surface area contributed by atoms with Gasteiger partial charge in [-0.25, -0.2) is 4.98 Å². The number of piperidine rings is 1. The number of aliphatic hydroxyl groups excluding tert-OH is 1. The summed E-state index contributed by atoms with van der Waals surface area (Å²) in [4.78, 5) is 19.2. The minimum atomic E-state index is -0.104. The van der Waals surface area contributed by atoms with Gasteiger partial charge >= 0.3 is 0 Å². The van der Waals surface area contributed by atoms with Crippen molar-refractivity contribution in [2.45, 2.75) is 25.8 Å². The second-order valence-electron chi connectivity index (χ2n) is 5.58. The van der Waals surface area contributed by atoms with Crippen molar-refractivity contribution in [3.63, 3.8) is 0 Å². The summed E-state index contributed by atoms with van der Waals surface area (Å²) in [6.07, 6.45) is 7.11. The van der Waals surface area contributed by atoms with Crippen LogP contribution in [0.25, 0.3) is 11.0 Å². The van der Waals surface area contributed by atoms with E-state index in [2.05, 4.69) is 11.9 Å². The Morgan fingerprint density at radius 3 is 3.23 bits per heavy atom. The molecule has 1 aliphatic rings. The molecule has 3 heterocycles. The SMILES string of the molecule is CC1CCCN(C(=O)/C=C/c2c(Cl)nc3sccn23)C1CO. The lowest BCUT2D eigenvalue weighted by molar-refractivity contribution is -0.132. The first-order valence-electron chi connectivity index (χ1n) is 7.32. The third-order valence-electron chi connectivity index (χ3n) is 4.22. The number of carbonyl (C=O) groups excluding carboxylic acids is 1. The van der Waals surface area contributed by atoms with E-state index in [1.54, 1.807) is 11.0 Å². The Bertz CT molecular complexity index is 709. The summed E-state index contributed by atoms with van der Waals surface area (Å²) >= 11 is 7.61. The molecule has 2 aromatic heterocycles. The number of hydrogen-bond donors (Lipinski definition) is 1. The van der Waals surface area contributed by atoms with Crippen LogP contribution in [0, 0.1) is 5.92 Å². The molecule has 5 nitrogen and oxygen atoms in total. The Kier molecular flexibility index (Phi) is 4.52. The molecule has 1 N–H and O–H groups in total. The van der Waals surface area contributed by atoms with E-state index in [1.807, 2.05) is 16.0 Å². The molecule has 1 amide bonds. The van der Waals surface area contributed by atoms with E-state index in [0.29, 0.717) is 23.3 Å². The first-order valence-corrected chi connectivity index (χ1v) is 8.58. The molecule has 3 rings (SSSR count). The Morgan fingerprint density at radius 1 is 1.64 bits per heavy atom. The third-order valence-corrected chi connectivity index (χ3v) is 5.26. The number of likely N-dealkylation sites (tertiary alicyclic amines) is 1. The molecule has 0 aliphatic carbocycles. The van der Waals surface area contributed by atoms with Crippen LogP contribution in [-0.2, 0) is 4.79 Å². The zero-order valence-electron chi connectivity index (χ0n) is 12.3. The van der Waals surface area contributed by atoms with E-state index >= 15 is 0 Å². The topological polar surface area (TPSA) is 57.8 Å². The second kappa shape index (κ2) is 6.40. The van der Waals surface area contributed by atoms with Gasteiger partial charge in [-0.05, 0) is 24.8 Å². The summed E-state index contributed by atoms with van der Waals surface area (Å²) in [7, 11) is 0. The Balaban J connectivity index is 1.81. The number of nitrogens with zero attached hydrogens (tertiary/aromatic N) is 3. The van der Waals surface area contributed by atoms with Gasteiger partial charge < -0.3 is 10.0 Å². The summed E-state index contributed by atoms with van der Waals surface area (Å²) in [5.74, 6) is 0.227. The van der Waals surface area contributed by atoms with Crippen molar-refractivity contribution in [3.05, 3.63) is 28.5 Å². The van der Waals surface area contributed by atoms with Gasteiger partial charge in [0.15, 0.2) is 10.1 Å². The molecular weight excluding hydrogens is 322 g/mol. The number of carbonyl (C=O) groups is 1. The lowest BCUT2D eigenvalue weighted by atomic mass is 9.91. The highest BCUT2D eigenvalue weighted by molar-refractivity contribution is 7.15. The third kappa shape index (κ3) is 2.78. The molecule has 2 unspecified atom stereocenters. The van der Waals surface area contributed by atoms with Crippen LogP contribution >= 0.6 is 22.9 Å². The van der Waals surface area contributed by atoms with Gasteiger partial charge in [0, 0.05) is 24.2 Å². The monoisotopic (exact) mass is 339 g/mol. The maximum Gasteiger partial charge on any atom is 0.246 e. The highest BCUT2D eigenvalue weighted by Crippen LogP contribution is 2.25. The molecule has 0 aromatic carbocycles. The zero-order valence-corrected chi connectivity index (χ0v) is 13.8. The van der Waals surface area contributed by atoms with Crippen LogP contribution < -0.4 is 0 Å². The summed E-state index contributed by atoms with van der Waals surface area (Å²) in [6.45, 7) is 2.77. The van der Waals surface area contributed by atoms with Gasteiger partial charge in [0.1, 0.15) is 0 Å². The molecule has 2 aromatic rings. The Hall–Kier alpha value is -1.37. The highest BCUT2D eigenvalue weighted by atomic mass is 35.5. The minimum absolute atomic E-state index is 0.00294. The van der Waals surface area contributed by atoms with Gasteiger partial charge in [-0.3, -0.25) is 9.20 Å². The Morgan fingerprint density at radius 2 is 2.45 bits per heavy atom. The molecule has 1 aliphatic heterocycles. The maximum absolute atomic E-state index is 12.5. The molecule has 0 radical (unpaired) electrons. The summed E-state index contributed by atoms with van der Waals surface area (Å²) < 4.78 is 1.86. The molecule has 0 spiro atoms. The second-order valence-corrected chi connectivity index (χ2v) is 6.81. The molecular formula is C15H18ClN3O2S. The highest BCUT2D eigenvalue weighted by Gasteiger charge is 2.30. The van der Waals surface area contributed by atoms with E-state index in [9.17, 15) is 9.90 Å². The van der Waals surface area contributed by atoms with Crippen molar-refractivity contribution in [3.8, 4) is 0 Å². The van der Waals surface area contributed by atoms with Crippen molar-refractivity contribution >= 4 is 39.9 Å². The number of aromatic nitrogens is 2. The quantitative estimate of drug-likeness (QED) is 0.875. The number of hydrogen-bond acceptors (Lipinski definition) is 4. The van der Waals surface area contributed by atoms with Crippen LogP contribution in [0.1, 0.15) is 25.5 Å². The van der Waals surface area contributed by atoms with Crippen molar-refractivity contribution in [1.82, 2.24) is 14.3 Å². The van der Waals surface area contributed by atoms with Crippen molar-refractivity contribution in [2.24, 2.45) is 5.92 Å². The van der Waals surface area contributed by atoms with Crippen LogP contribution in [0.2, 0.25) is 5.15 Å². The van der Waals surface area contributed by atoms with Crippen LogP contribution in [-0.4, -0.2) is 44.5 Å². The van der Waals surface area contributed by atoms with Crippen molar-refractivity contribution in [1.29, 1.82) is 0 Å². The largest absolute Gasteiger partial charge is 0.394 e. The summed E-state index contributed by atoms with van der Waals surface area (Å²) in [6, 6.07) is -0.104. The molecule has 0 saturated carbocycles. The zero-order chi connectivity index (χ0) is 15.7. The van der Waals surface area contributed by atoms with Gasteiger partial charge in [0.25, 0.3) is 0 Å². The van der Waals surface area contributed by atoms with Crippen LogP contribution in [0.4, 0.5) is 0 Å². The molecule has 118 valence electrons. The first kappa shape index (κ1) is 15.5. The van der Waals surface area contributed by atoms with Crippen molar-refractivity contribution < 1.29 is 9.90 Å². The number of rotatable bonds is 3. The fourth-order valence-electron chi connectivity index (χ4n) is 2.97. The summed E-state index contributed by atoms with van der Waals surface area (Å²) in [5.41, 5.74) is 0.705. The molecule has 0 bridgehead atoms. The van der Waals surface area contributed by atoms with E-state index in [1.165, 1.54) is 17.4 Å². The normalized spacial score (nSPS) is 22.8. The van der Waals surface area contributed by atoms with Gasteiger partial charge in [-0.1, -0.05) is 18.5 Å². The van der Waals surface area contributed by atoms with Crippen LogP contribution in [0.3, 0.4) is 0 Å². The number of imidazole rings is 1. The average Bonchev–Trinajstić information content (AvgIpc) is 3.05. The van der Waals surface area contributed by atoms with E-state index < -0.39 is 0 Å². The molecule has 2 atom stereocenters. The number of thiazole rings is 1. The predicted octanol–water partition coefficient (Wildman–Crippen LogP) is 2.68. The summed E-state index contributed by atoms with van der Waals surface area (Å²) in [5, 5.41) is 11.9. The van der Waals surface area contributed by atoms with Crippen LogP contribution in [0.15, 0.2) is 17.7 Å². The van der Waals surface area contributed by atoms with Crippen molar-refractivity contribution in [2.75, 3.05) is 13.2 Å². The molecule has 1 saturated heterocycles. The van der Waals surface area contributed by atoms with E-state index in [0.717, 1.165) is 17.8 Å². The minimum Gasteiger partial charge on any atom is -0.394 e. The molecule has 1 fully saturated rings. The number of fused-ring (bicyclic) bond motifs is 1. The smallest absolute Gasteiger partial charge is 0.246 e. The van der Waals surface area contributed by atoms with Gasteiger partial charge in [-0.2, -0.15) is 0 Å². The molecule has 22 heavy (non-hydrogen) atoms. The molecule has 7 heteroatoms. The predicted molar refractivity (Wildman–Crippen MR) is 88.1 cm³/mol. The van der Waals surface area contributed by atoms with E-state index in [-0.39, 0.29) is 18.6 Å². The van der Waals surface area contributed by atoms with Gasteiger partial charge in [0.05, 0.1) is 18.3 Å². The van der Waals surface area contributed by atoms with E-state index in [4.69, 9.17) is 11.6 Å². The lowest BCUT2D eigenvalue weighted by Gasteiger charge is -2.38. The number of halogens is 1. The standard InChI is InChI=1S/C15H18ClN3O2S/c1-10-3-2-6-18(12(10)9-20)13(21)5-4-11-14(16)17-15-19(11)7-8-22-15/h4-5,7-8,10,12,20H,2-3,6,9H2,1H3/b5-4+. The Labute approximate surface area is 137 Å². The fraction of sp³-hybridized carbons (Fsp3) is 0.467. The van der Waals surface area contributed by atoms with Gasteiger partial charge in [-0.15, -0.1) is 11.3 Å². The number of amides is 1.